The van der Waals surface area contributed by atoms with E-state index in [2.05, 4.69) is 20.2 Å². The van der Waals surface area contributed by atoms with Crippen LogP contribution in [0.5, 0.6) is 5.75 Å². The van der Waals surface area contributed by atoms with Crippen molar-refractivity contribution in [2.24, 2.45) is 4.99 Å². The summed E-state index contributed by atoms with van der Waals surface area (Å²) in [6, 6.07) is 7.48. The fraction of sp³-hybridized carbons (Fsp3) is 0.100. The molecule has 2 rings (SSSR count). The van der Waals surface area contributed by atoms with Crippen LogP contribution in [0.25, 0.3) is 0 Å². The van der Waals surface area contributed by atoms with Crippen LogP contribution < -0.4 is 10.5 Å². The summed E-state index contributed by atoms with van der Waals surface area (Å²) in [6.07, 6.45) is 1.65. The predicted molar refractivity (Wildman–Crippen MR) is 61.0 cm³/mol. The fourth-order valence-corrected chi connectivity index (χ4v) is 1.14. The predicted octanol–water partition coefficient (Wildman–Crippen LogP) is 1.15. The van der Waals surface area contributed by atoms with Gasteiger partial charge in [-0.1, -0.05) is 0 Å². The molecule has 0 bridgehead atoms. The first-order chi connectivity index (χ1) is 7.78. The van der Waals surface area contributed by atoms with Crippen molar-refractivity contribution in [3.63, 3.8) is 0 Å². The van der Waals surface area contributed by atoms with Gasteiger partial charge in [-0.3, -0.25) is 0 Å². The maximum atomic E-state index is 5.37. The van der Waals surface area contributed by atoms with Crippen molar-refractivity contribution in [1.82, 2.24) is 15.2 Å². The van der Waals surface area contributed by atoms with E-state index in [4.69, 9.17) is 10.5 Å². The molecule has 1 aromatic heterocycles. The first-order valence-corrected chi connectivity index (χ1v) is 4.64. The third kappa shape index (κ3) is 2.35. The Morgan fingerprint density at radius 3 is 2.69 bits per heavy atom. The molecule has 0 aliphatic rings. The number of nitrogens with two attached hydrogens (primary N) is 1. The Morgan fingerprint density at radius 2 is 2.12 bits per heavy atom. The molecule has 0 amide bonds. The SMILES string of the molecule is COc1ccc(/C=N/c2n[nH]c(N)n2)cc1. The molecule has 0 atom stereocenters. The number of hydrogen-bond donors (Lipinski definition) is 2. The lowest BCUT2D eigenvalue weighted by molar-refractivity contribution is 0.415. The summed E-state index contributed by atoms with van der Waals surface area (Å²) < 4.78 is 5.04. The van der Waals surface area contributed by atoms with Crippen LogP contribution in [0.3, 0.4) is 0 Å². The molecule has 0 saturated heterocycles. The van der Waals surface area contributed by atoms with Crippen LogP contribution >= 0.6 is 0 Å². The normalized spacial score (nSPS) is 10.8. The molecule has 16 heavy (non-hydrogen) atoms. The maximum Gasteiger partial charge on any atom is 0.269 e. The summed E-state index contributed by atoms with van der Waals surface area (Å²) >= 11 is 0. The van der Waals surface area contributed by atoms with Gasteiger partial charge in [-0.05, 0) is 29.8 Å². The molecule has 82 valence electrons. The number of anilines is 1. The molecule has 0 radical (unpaired) electrons. The van der Waals surface area contributed by atoms with E-state index in [9.17, 15) is 0 Å². The van der Waals surface area contributed by atoms with Gasteiger partial charge >= 0.3 is 0 Å². The van der Waals surface area contributed by atoms with Crippen LogP contribution in [0, 0.1) is 0 Å². The van der Waals surface area contributed by atoms with Crippen LogP contribution in [0.1, 0.15) is 5.56 Å². The average Bonchev–Trinajstić information content (AvgIpc) is 2.73. The molecule has 0 unspecified atom stereocenters. The van der Waals surface area contributed by atoms with Gasteiger partial charge in [-0.2, -0.15) is 4.98 Å². The summed E-state index contributed by atoms with van der Waals surface area (Å²) in [7, 11) is 1.62. The van der Waals surface area contributed by atoms with Gasteiger partial charge in [0.25, 0.3) is 5.95 Å². The number of H-pyrrole nitrogens is 1. The van der Waals surface area contributed by atoms with Crippen LogP contribution in [-0.2, 0) is 0 Å². The van der Waals surface area contributed by atoms with Crippen molar-refractivity contribution >= 4 is 18.1 Å². The molecule has 0 aliphatic carbocycles. The quantitative estimate of drug-likeness (QED) is 0.754. The monoisotopic (exact) mass is 217 g/mol. The number of rotatable bonds is 3. The number of aliphatic imine (C=N–C) groups is 1. The van der Waals surface area contributed by atoms with Crippen LogP contribution in [-0.4, -0.2) is 28.5 Å². The number of methoxy groups -OCH3 is 1. The minimum atomic E-state index is 0.252. The highest BCUT2D eigenvalue weighted by molar-refractivity contribution is 5.81. The number of nitrogens with one attached hydrogen (secondary N) is 1. The Labute approximate surface area is 92.2 Å². The van der Waals surface area contributed by atoms with E-state index in [1.54, 1.807) is 13.3 Å². The van der Waals surface area contributed by atoms with Crippen molar-refractivity contribution in [3.05, 3.63) is 29.8 Å². The maximum absolute atomic E-state index is 5.37. The summed E-state index contributed by atoms with van der Waals surface area (Å²) in [6.45, 7) is 0. The van der Waals surface area contributed by atoms with Gasteiger partial charge < -0.3 is 10.5 Å². The Morgan fingerprint density at radius 1 is 1.38 bits per heavy atom. The van der Waals surface area contributed by atoms with Crippen molar-refractivity contribution in [2.45, 2.75) is 0 Å². The Hall–Kier alpha value is -2.37. The van der Waals surface area contributed by atoms with E-state index >= 15 is 0 Å². The standard InChI is InChI=1S/C10H11N5O/c1-16-8-4-2-7(3-5-8)6-12-10-13-9(11)14-15-10/h2-6H,1H3,(H3,11,13,14,15)/b12-6+. The zero-order valence-corrected chi connectivity index (χ0v) is 8.71. The van der Waals surface area contributed by atoms with Gasteiger partial charge in [0, 0.05) is 6.21 Å². The molecule has 1 aromatic carbocycles. The number of hydrogen-bond acceptors (Lipinski definition) is 5. The van der Waals surface area contributed by atoms with E-state index < -0.39 is 0 Å². The molecular weight excluding hydrogens is 206 g/mol. The van der Waals surface area contributed by atoms with Crippen LogP contribution in [0.15, 0.2) is 29.3 Å². The Balaban J connectivity index is 2.11. The summed E-state index contributed by atoms with van der Waals surface area (Å²) in [4.78, 5) is 7.90. The van der Waals surface area contributed by atoms with Crippen molar-refractivity contribution < 1.29 is 4.74 Å². The van der Waals surface area contributed by atoms with Crippen LogP contribution in [0.4, 0.5) is 11.9 Å². The molecule has 0 aliphatic heterocycles. The zero-order chi connectivity index (χ0) is 11.4. The number of aromatic amines is 1. The highest BCUT2D eigenvalue weighted by Gasteiger charge is 1.95. The minimum Gasteiger partial charge on any atom is -0.497 e. The number of ether oxygens (including phenoxy) is 1. The van der Waals surface area contributed by atoms with E-state index in [1.807, 2.05) is 24.3 Å². The van der Waals surface area contributed by atoms with Crippen molar-refractivity contribution in [1.29, 1.82) is 0 Å². The molecule has 3 N–H and O–H groups in total. The third-order valence-corrected chi connectivity index (χ3v) is 1.94. The van der Waals surface area contributed by atoms with Gasteiger partial charge in [0.05, 0.1) is 7.11 Å². The van der Waals surface area contributed by atoms with Crippen LogP contribution in [0.2, 0.25) is 0 Å². The first-order valence-electron chi connectivity index (χ1n) is 4.64. The molecule has 0 fully saturated rings. The summed E-state index contributed by atoms with van der Waals surface area (Å²) in [5.41, 5.74) is 6.30. The molecule has 2 aromatic rings. The van der Waals surface area contributed by atoms with Gasteiger partial charge in [-0.25, -0.2) is 10.1 Å². The van der Waals surface area contributed by atoms with Gasteiger partial charge in [0.15, 0.2) is 0 Å². The largest absolute Gasteiger partial charge is 0.497 e. The highest BCUT2D eigenvalue weighted by Crippen LogP contribution is 2.10. The minimum absolute atomic E-state index is 0.252. The number of nitrogen functional groups attached to an aromatic ring is 1. The second-order valence-corrected chi connectivity index (χ2v) is 3.05. The molecule has 6 heteroatoms. The topological polar surface area (TPSA) is 89.2 Å². The second kappa shape index (κ2) is 4.43. The second-order valence-electron chi connectivity index (χ2n) is 3.05. The van der Waals surface area contributed by atoms with Crippen molar-refractivity contribution in [3.8, 4) is 5.75 Å². The lowest BCUT2D eigenvalue weighted by atomic mass is 10.2. The molecule has 0 saturated carbocycles. The number of benzene rings is 1. The van der Waals surface area contributed by atoms with E-state index in [-0.39, 0.29) is 5.95 Å². The average molecular weight is 217 g/mol. The summed E-state index contributed by atoms with van der Waals surface area (Å²) in [5.74, 6) is 1.37. The lowest BCUT2D eigenvalue weighted by Crippen LogP contribution is -1.85. The lowest BCUT2D eigenvalue weighted by Gasteiger charge is -1.97. The van der Waals surface area contributed by atoms with E-state index in [0.29, 0.717) is 5.95 Å². The highest BCUT2D eigenvalue weighted by atomic mass is 16.5. The summed E-state index contributed by atoms with van der Waals surface area (Å²) in [5, 5.41) is 6.29. The van der Waals surface area contributed by atoms with E-state index in [1.165, 1.54) is 0 Å². The van der Waals surface area contributed by atoms with Gasteiger partial charge in [0.1, 0.15) is 5.75 Å². The molecule has 1 heterocycles. The Kier molecular flexibility index (Phi) is 2.81. The number of aromatic nitrogens is 3. The third-order valence-electron chi connectivity index (χ3n) is 1.94. The molecule has 0 spiro atoms. The smallest absolute Gasteiger partial charge is 0.269 e. The van der Waals surface area contributed by atoms with Gasteiger partial charge in [0.2, 0.25) is 5.95 Å². The molecule has 6 nitrogen and oxygen atoms in total. The zero-order valence-electron chi connectivity index (χ0n) is 8.71. The molecular formula is C10H11N5O. The van der Waals surface area contributed by atoms with E-state index in [0.717, 1.165) is 11.3 Å². The number of nitrogens with zero attached hydrogens (tertiary/aromatic N) is 3. The van der Waals surface area contributed by atoms with Crippen molar-refractivity contribution in [2.75, 3.05) is 12.8 Å². The fourth-order valence-electron chi connectivity index (χ4n) is 1.14. The first kappa shape index (κ1) is 10.2. The Bertz CT molecular complexity index is 488. The van der Waals surface area contributed by atoms with Gasteiger partial charge in [-0.15, -0.1) is 5.10 Å².